The molecule has 0 rings (SSSR count). The van der Waals surface area contributed by atoms with Crippen LogP contribution in [0.5, 0.6) is 0 Å². The Morgan fingerprint density at radius 2 is 1.91 bits per heavy atom. The second-order valence-corrected chi connectivity index (χ2v) is 4.08. The summed E-state index contributed by atoms with van der Waals surface area (Å²) in [5.41, 5.74) is 7.96. The molecular formula is C10H16N4O9. The van der Waals surface area contributed by atoms with E-state index in [0.717, 1.165) is 0 Å². The maximum absolute atomic E-state index is 11.1. The van der Waals surface area contributed by atoms with Crippen LogP contribution in [-0.4, -0.2) is 82.7 Å². The Bertz CT molecular complexity index is 454. The number of aldehydes is 1. The van der Waals surface area contributed by atoms with Crippen molar-refractivity contribution >= 4 is 18.2 Å². The quantitative estimate of drug-likeness (QED) is 0.0632. The number of rotatable bonds is 11. The van der Waals surface area contributed by atoms with Crippen LogP contribution in [0.3, 0.4) is 0 Å². The van der Waals surface area contributed by atoms with E-state index in [1.165, 1.54) is 0 Å². The van der Waals surface area contributed by atoms with Gasteiger partial charge in [-0.3, -0.25) is 9.68 Å². The smallest absolute Gasteiger partial charge is 0.361 e. The van der Waals surface area contributed by atoms with Crippen LogP contribution in [0.2, 0.25) is 0 Å². The van der Waals surface area contributed by atoms with Crippen molar-refractivity contribution in [3.05, 3.63) is 10.4 Å². The van der Waals surface area contributed by atoms with E-state index in [-0.39, 0.29) is 6.29 Å². The predicted octanol–water partition coefficient (Wildman–Crippen LogP) is -3.47. The number of aliphatic hydroxyl groups is 4. The number of hydrogen-bond donors (Lipinski definition) is 5. The first-order valence-corrected chi connectivity index (χ1v) is 6.10. The molecule has 13 heteroatoms. The lowest BCUT2D eigenvalue weighted by Gasteiger charge is -2.23. The van der Waals surface area contributed by atoms with Crippen molar-refractivity contribution in [3.8, 4) is 0 Å². The van der Waals surface area contributed by atoms with Crippen LogP contribution >= 0.6 is 0 Å². The molecule has 0 unspecified atom stereocenters. The van der Waals surface area contributed by atoms with Crippen LogP contribution in [0.25, 0.3) is 10.4 Å². The number of nitrogens with zero attached hydrogens (tertiary/aromatic N) is 3. The highest BCUT2D eigenvalue weighted by Crippen LogP contribution is 2.04. The first kappa shape index (κ1) is 20.7. The van der Waals surface area contributed by atoms with E-state index in [9.17, 15) is 29.7 Å². The third-order valence-electron chi connectivity index (χ3n) is 2.33. The fourth-order valence-electron chi connectivity index (χ4n) is 1.13. The Labute approximate surface area is 129 Å². The molecule has 0 saturated carbocycles. The van der Waals surface area contributed by atoms with E-state index in [1.807, 2.05) is 5.32 Å². The highest BCUT2D eigenvalue weighted by Gasteiger charge is 2.30. The molecule has 0 aromatic rings. The molecule has 130 valence electrons. The molecular weight excluding hydrogens is 320 g/mol. The monoisotopic (exact) mass is 336 g/mol. The average Bonchev–Trinajstić information content (AvgIpc) is 2.55. The van der Waals surface area contributed by atoms with Crippen molar-refractivity contribution in [2.75, 3.05) is 19.7 Å². The zero-order valence-corrected chi connectivity index (χ0v) is 11.7. The molecule has 23 heavy (non-hydrogen) atoms. The summed E-state index contributed by atoms with van der Waals surface area (Å²) in [5.74, 6) is -1.80. The van der Waals surface area contributed by atoms with E-state index < -0.39 is 56.0 Å². The normalized spacial score (nSPS) is 15.5. The Hall–Kier alpha value is -2.28. The highest BCUT2D eigenvalue weighted by molar-refractivity contribution is 5.83. The maximum Gasteiger partial charge on any atom is 0.361 e. The molecule has 1 amide bonds. The van der Waals surface area contributed by atoms with Crippen LogP contribution in [-0.2, 0) is 24.2 Å². The van der Waals surface area contributed by atoms with Crippen molar-refractivity contribution in [1.29, 1.82) is 0 Å². The molecule has 0 saturated heterocycles. The minimum Gasteiger partial charge on any atom is -0.388 e. The van der Waals surface area contributed by atoms with Gasteiger partial charge in [0.2, 0.25) is 5.91 Å². The number of carbonyl (C=O) groups excluding carboxylic acids is 3. The van der Waals surface area contributed by atoms with E-state index in [2.05, 4.69) is 19.8 Å². The van der Waals surface area contributed by atoms with Crippen molar-refractivity contribution in [2.24, 2.45) is 5.11 Å². The minimum atomic E-state index is -1.96. The van der Waals surface area contributed by atoms with Gasteiger partial charge in [0.15, 0.2) is 6.29 Å². The lowest BCUT2D eigenvalue weighted by atomic mass is 10.0. The summed E-state index contributed by atoms with van der Waals surface area (Å²) in [6.07, 6.45) is -7.61. The lowest BCUT2D eigenvalue weighted by Crippen LogP contribution is -2.46. The Kier molecular flexibility index (Phi) is 10.2. The number of azide groups is 1. The summed E-state index contributed by atoms with van der Waals surface area (Å²) < 4.78 is 0. The Morgan fingerprint density at radius 1 is 1.26 bits per heavy atom. The fraction of sp³-hybridized carbons (Fsp3) is 0.700. The topological polar surface area (TPSA) is 211 Å². The van der Waals surface area contributed by atoms with Crippen molar-refractivity contribution in [1.82, 2.24) is 5.32 Å². The van der Waals surface area contributed by atoms with E-state index in [1.54, 1.807) is 0 Å². The van der Waals surface area contributed by atoms with Gasteiger partial charge >= 0.3 is 5.97 Å². The second kappa shape index (κ2) is 11.3. The highest BCUT2D eigenvalue weighted by atomic mass is 17.2. The molecule has 4 atom stereocenters. The summed E-state index contributed by atoms with van der Waals surface area (Å²) >= 11 is 0. The van der Waals surface area contributed by atoms with Crippen molar-refractivity contribution in [2.45, 2.75) is 24.4 Å². The van der Waals surface area contributed by atoms with Crippen LogP contribution < -0.4 is 5.32 Å². The second-order valence-electron chi connectivity index (χ2n) is 4.08. The van der Waals surface area contributed by atoms with Crippen LogP contribution in [0.4, 0.5) is 0 Å². The van der Waals surface area contributed by atoms with Gasteiger partial charge in [-0.15, -0.1) is 0 Å². The predicted molar refractivity (Wildman–Crippen MR) is 69.2 cm³/mol. The van der Waals surface area contributed by atoms with Crippen LogP contribution in [0, 0.1) is 0 Å². The molecule has 0 fully saturated rings. The maximum atomic E-state index is 11.1. The summed E-state index contributed by atoms with van der Waals surface area (Å²) in [4.78, 5) is 43.0. The Balaban J connectivity index is 4.00. The fourth-order valence-corrected chi connectivity index (χ4v) is 1.13. The molecule has 0 bridgehead atoms. The molecule has 0 spiro atoms. The first-order valence-electron chi connectivity index (χ1n) is 6.10. The molecule has 0 aliphatic heterocycles. The van der Waals surface area contributed by atoms with Gasteiger partial charge in [0.05, 0.1) is 0 Å². The van der Waals surface area contributed by atoms with Crippen molar-refractivity contribution < 1.29 is 44.6 Å². The summed E-state index contributed by atoms with van der Waals surface area (Å²) in [5, 5.41) is 42.0. The van der Waals surface area contributed by atoms with E-state index >= 15 is 0 Å². The van der Waals surface area contributed by atoms with Gasteiger partial charge in [-0.05, 0) is 5.53 Å². The molecule has 0 aliphatic rings. The summed E-state index contributed by atoms with van der Waals surface area (Å²) in [6, 6.07) is 0. The molecule has 0 aromatic heterocycles. The van der Waals surface area contributed by atoms with E-state index in [4.69, 9.17) is 10.6 Å². The molecule has 0 aromatic carbocycles. The van der Waals surface area contributed by atoms with Gasteiger partial charge in [0.1, 0.15) is 44.1 Å². The number of hydrogen-bond acceptors (Lipinski definition) is 10. The molecule has 0 radical (unpaired) electrons. The van der Waals surface area contributed by atoms with Crippen molar-refractivity contribution in [3.63, 3.8) is 0 Å². The molecule has 13 nitrogen and oxygen atoms in total. The molecule has 5 N–H and O–H groups in total. The van der Waals surface area contributed by atoms with Gasteiger partial charge in [-0.1, -0.05) is 5.11 Å². The zero-order valence-electron chi connectivity index (χ0n) is 11.7. The number of carbonyl (C=O) groups is 3. The summed E-state index contributed by atoms with van der Waals surface area (Å²) in [7, 11) is 0. The molecule has 0 heterocycles. The number of amides is 1. The molecule has 0 aliphatic carbocycles. The van der Waals surface area contributed by atoms with Gasteiger partial charge in [0.25, 0.3) is 0 Å². The summed E-state index contributed by atoms with van der Waals surface area (Å²) in [6.45, 7) is -1.89. The standard InChI is InChI=1S/C10H16N4O9/c11-14-13-1-7(18)12-2-8(19)23-22-4-6(17)10(21)9(20)5(16)3-15/h3,5-6,9-10,16-17,20-21H,1-2,4H2,(H,12,18)/t5-,6+,9+,10-/m0/s1. The minimum absolute atomic E-state index is 0.0411. The van der Waals surface area contributed by atoms with Gasteiger partial charge in [-0.2, -0.15) is 4.89 Å². The van der Waals surface area contributed by atoms with Gasteiger partial charge in [-0.25, -0.2) is 4.79 Å². The van der Waals surface area contributed by atoms with Crippen LogP contribution in [0.1, 0.15) is 0 Å². The number of aliphatic hydroxyl groups excluding tert-OH is 4. The van der Waals surface area contributed by atoms with E-state index in [0.29, 0.717) is 0 Å². The Morgan fingerprint density at radius 3 is 2.48 bits per heavy atom. The van der Waals surface area contributed by atoms with Gasteiger partial charge < -0.3 is 30.5 Å². The lowest BCUT2D eigenvalue weighted by molar-refractivity contribution is -0.287. The third-order valence-corrected chi connectivity index (χ3v) is 2.33. The average molecular weight is 336 g/mol. The SMILES string of the molecule is [N-]=[N+]=NCC(=O)NCC(=O)OOC[C@@H](O)[C@H](O)[C@H](O)[C@@H](O)C=O. The van der Waals surface area contributed by atoms with Crippen LogP contribution in [0.15, 0.2) is 5.11 Å². The third kappa shape index (κ3) is 8.67. The first-order chi connectivity index (χ1) is 10.8. The zero-order chi connectivity index (χ0) is 17.8. The largest absolute Gasteiger partial charge is 0.388 e. The van der Waals surface area contributed by atoms with Gasteiger partial charge in [0, 0.05) is 4.91 Å². The number of nitrogens with one attached hydrogen (secondary N) is 1.